The summed E-state index contributed by atoms with van der Waals surface area (Å²) in [4.78, 5) is 13.3. The average molecular weight is 514 g/mol. The first kappa shape index (κ1) is 24.7. The highest BCUT2D eigenvalue weighted by molar-refractivity contribution is 7.91. The van der Waals surface area contributed by atoms with Gasteiger partial charge in [-0.3, -0.25) is 0 Å². The topological polar surface area (TPSA) is 72.3 Å². The van der Waals surface area contributed by atoms with E-state index >= 15 is 0 Å². The van der Waals surface area contributed by atoms with Crippen LogP contribution in [0.1, 0.15) is 31.9 Å². The molecule has 0 amide bonds. The van der Waals surface area contributed by atoms with Gasteiger partial charge in [-0.1, -0.05) is 48.5 Å². The fraction of sp³-hybridized carbons (Fsp3) is 0.200. The number of fused-ring (bicyclic) bond motifs is 1. The lowest BCUT2D eigenvalue weighted by molar-refractivity contribution is -0.433. The molecule has 0 aliphatic carbocycles. The molecule has 5 rings (SSSR count). The van der Waals surface area contributed by atoms with Crippen LogP contribution in [-0.4, -0.2) is 30.0 Å². The lowest BCUT2D eigenvalue weighted by atomic mass is 9.81. The zero-order valence-electron chi connectivity index (χ0n) is 21.3. The molecule has 2 heterocycles. The lowest BCUT2D eigenvalue weighted by Crippen LogP contribution is -2.27. The fourth-order valence-corrected chi connectivity index (χ4v) is 6.43. The van der Waals surface area contributed by atoms with Crippen molar-refractivity contribution in [3.63, 3.8) is 0 Å². The number of rotatable bonds is 6. The van der Waals surface area contributed by atoms with Gasteiger partial charge in [-0.15, -0.1) is 0 Å². The highest BCUT2D eigenvalue weighted by Crippen LogP contribution is 2.42. The highest BCUT2D eigenvalue weighted by atomic mass is 32.2. The normalized spacial score (nSPS) is 14.9. The van der Waals surface area contributed by atoms with Crippen molar-refractivity contribution in [2.75, 3.05) is 6.54 Å². The monoisotopic (exact) mass is 513 g/mol. The van der Waals surface area contributed by atoms with Gasteiger partial charge in [-0.2, -0.15) is 4.58 Å². The van der Waals surface area contributed by atoms with Gasteiger partial charge in [0.25, 0.3) is 0 Å². The third-order valence-electron chi connectivity index (χ3n) is 7.01. The predicted octanol–water partition coefficient (Wildman–Crippen LogP) is 5.59. The SMILES string of the molecule is CC[N+]1=C(C=Cc2c(-c3ccccc3)n(C)oc2=O)C(C)(C)c2cc(S(=O)(=O)c3ccccc3)ccc21. The standard InChI is InChI=1S/C30H29N2O4S/c1-5-32-26-18-16-23(37(34,35)22-14-10-7-11-15-22)20-25(26)30(2,3)27(32)19-17-24-28(31(4)36-29(24)33)21-12-8-6-9-13-21/h6-20H,5H2,1-4H3/q+1. The van der Waals surface area contributed by atoms with Crippen LogP contribution >= 0.6 is 0 Å². The van der Waals surface area contributed by atoms with Crippen LogP contribution in [0.25, 0.3) is 17.3 Å². The Hall–Kier alpha value is -3.97. The minimum absolute atomic E-state index is 0.266. The molecule has 1 aliphatic rings. The van der Waals surface area contributed by atoms with Crippen molar-refractivity contribution in [2.24, 2.45) is 7.05 Å². The Labute approximate surface area is 216 Å². The molecular weight excluding hydrogens is 484 g/mol. The Morgan fingerprint density at radius 2 is 1.57 bits per heavy atom. The van der Waals surface area contributed by atoms with E-state index in [1.54, 1.807) is 55.6 Å². The van der Waals surface area contributed by atoms with Crippen molar-refractivity contribution >= 4 is 27.3 Å². The first-order valence-corrected chi connectivity index (χ1v) is 13.7. The van der Waals surface area contributed by atoms with Crippen LogP contribution in [-0.2, 0) is 22.3 Å². The molecule has 0 radical (unpaired) electrons. The number of hydrogen-bond donors (Lipinski definition) is 0. The van der Waals surface area contributed by atoms with E-state index in [0.717, 1.165) is 22.5 Å². The molecule has 0 fully saturated rings. The van der Waals surface area contributed by atoms with Gasteiger partial charge in [0, 0.05) is 30.3 Å². The van der Waals surface area contributed by atoms with Gasteiger partial charge in [0.1, 0.15) is 6.54 Å². The van der Waals surface area contributed by atoms with Gasteiger partial charge < -0.3 is 4.52 Å². The van der Waals surface area contributed by atoms with Crippen molar-refractivity contribution in [3.05, 3.63) is 106 Å². The summed E-state index contributed by atoms with van der Waals surface area (Å²) < 4.78 is 35.7. The molecule has 4 aromatic rings. The van der Waals surface area contributed by atoms with E-state index < -0.39 is 20.9 Å². The Balaban J connectivity index is 1.59. The maximum absolute atomic E-state index is 13.3. The Bertz CT molecular complexity index is 1710. The third-order valence-corrected chi connectivity index (χ3v) is 8.78. The number of hydrogen-bond acceptors (Lipinski definition) is 4. The van der Waals surface area contributed by atoms with Crippen molar-refractivity contribution in [2.45, 2.75) is 36.0 Å². The zero-order valence-corrected chi connectivity index (χ0v) is 22.1. The predicted molar refractivity (Wildman–Crippen MR) is 145 cm³/mol. The van der Waals surface area contributed by atoms with Crippen LogP contribution in [0.4, 0.5) is 5.69 Å². The van der Waals surface area contributed by atoms with E-state index in [4.69, 9.17) is 4.52 Å². The van der Waals surface area contributed by atoms with Crippen molar-refractivity contribution in [1.82, 2.24) is 4.74 Å². The Morgan fingerprint density at radius 1 is 0.919 bits per heavy atom. The molecule has 1 aromatic heterocycles. The third kappa shape index (κ3) is 4.09. The molecule has 0 spiro atoms. The highest BCUT2D eigenvalue weighted by Gasteiger charge is 2.44. The molecule has 0 bridgehead atoms. The van der Waals surface area contributed by atoms with Crippen LogP contribution in [0.2, 0.25) is 0 Å². The van der Waals surface area contributed by atoms with E-state index in [-0.39, 0.29) is 9.79 Å². The molecule has 0 unspecified atom stereocenters. The maximum atomic E-state index is 13.3. The summed E-state index contributed by atoms with van der Waals surface area (Å²) in [5.41, 5.74) is 4.01. The smallest absolute Gasteiger partial charge is 0.335 e. The number of aryl methyl sites for hydroxylation is 1. The molecule has 3 aromatic carbocycles. The second-order valence-electron chi connectivity index (χ2n) is 9.59. The second-order valence-corrected chi connectivity index (χ2v) is 11.5. The first-order valence-electron chi connectivity index (χ1n) is 12.2. The van der Waals surface area contributed by atoms with Crippen molar-refractivity contribution < 1.29 is 17.5 Å². The van der Waals surface area contributed by atoms with Crippen LogP contribution in [0.3, 0.4) is 0 Å². The van der Waals surface area contributed by atoms with Crippen LogP contribution in [0.15, 0.2) is 104 Å². The molecule has 0 atom stereocenters. The summed E-state index contributed by atoms with van der Waals surface area (Å²) in [6.07, 6.45) is 3.76. The van der Waals surface area contributed by atoms with Crippen LogP contribution in [0.5, 0.6) is 0 Å². The molecule has 0 saturated carbocycles. The van der Waals surface area contributed by atoms with E-state index in [0.29, 0.717) is 17.8 Å². The number of benzene rings is 3. The number of sulfone groups is 1. The Kier molecular flexibility index (Phi) is 6.12. The molecule has 7 heteroatoms. The number of allylic oxidation sites excluding steroid dienone is 1. The van der Waals surface area contributed by atoms with Crippen LogP contribution in [0, 0.1) is 0 Å². The molecule has 1 aliphatic heterocycles. The van der Waals surface area contributed by atoms with Crippen molar-refractivity contribution in [1.29, 1.82) is 0 Å². The van der Waals surface area contributed by atoms with Gasteiger partial charge in [-0.05, 0) is 51.1 Å². The van der Waals surface area contributed by atoms with Gasteiger partial charge in [0.2, 0.25) is 15.5 Å². The van der Waals surface area contributed by atoms with Gasteiger partial charge >= 0.3 is 5.63 Å². The zero-order chi connectivity index (χ0) is 26.4. The quantitative estimate of drug-likeness (QED) is 0.315. The summed E-state index contributed by atoms with van der Waals surface area (Å²) in [5.74, 6) is 0. The lowest BCUT2D eigenvalue weighted by Gasteiger charge is -2.16. The van der Waals surface area contributed by atoms with E-state index in [2.05, 4.69) is 25.3 Å². The average Bonchev–Trinajstić information content (AvgIpc) is 3.30. The molecule has 188 valence electrons. The molecule has 37 heavy (non-hydrogen) atoms. The largest absolute Gasteiger partial charge is 0.365 e. The van der Waals surface area contributed by atoms with E-state index in [1.165, 1.54) is 4.74 Å². The maximum Gasteiger partial charge on any atom is 0.365 e. The van der Waals surface area contributed by atoms with Crippen molar-refractivity contribution in [3.8, 4) is 11.3 Å². The summed E-state index contributed by atoms with van der Waals surface area (Å²) in [6, 6.07) is 23.5. The Morgan fingerprint density at radius 3 is 2.22 bits per heavy atom. The molecule has 0 saturated heterocycles. The molecule has 6 nitrogen and oxygen atoms in total. The summed E-state index contributed by atoms with van der Waals surface area (Å²) in [5, 5.41) is 0. The van der Waals surface area contributed by atoms with Crippen LogP contribution < -0.4 is 5.63 Å². The second kappa shape index (κ2) is 9.16. The minimum atomic E-state index is -3.65. The number of aromatic nitrogens is 1. The molecular formula is C30H29N2O4S+. The van der Waals surface area contributed by atoms with E-state index in [9.17, 15) is 13.2 Å². The first-order chi connectivity index (χ1) is 17.7. The van der Waals surface area contributed by atoms with E-state index in [1.807, 2.05) is 42.5 Å². The number of nitrogens with zero attached hydrogens (tertiary/aromatic N) is 2. The summed E-state index contributed by atoms with van der Waals surface area (Å²) >= 11 is 0. The van der Waals surface area contributed by atoms with Gasteiger partial charge in [0.05, 0.1) is 26.5 Å². The minimum Gasteiger partial charge on any atom is -0.335 e. The summed E-state index contributed by atoms with van der Waals surface area (Å²) in [7, 11) is -1.93. The fourth-order valence-electron chi connectivity index (χ4n) is 5.13. The molecule has 0 N–H and O–H groups in total. The van der Waals surface area contributed by atoms with Gasteiger partial charge in [-0.25, -0.2) is 18.0 Å². The van der Waals surface area contributed by atoms with Gasteiger partial charge in [0.15, 0.2) is 5.71 Å². The summed E-state index contributed by atoms with van der Waals surface area (Å²) in [6.45, 7) is 6.90.